The van der Waals surface area contributed by atoms with Crippen molar-refractivity contribution < 1.29 is 22.7 Å². The van der Waals surface area contributed by atoms with Crippen molar-refractivity contribution in [3.05, 3.63) is 95.3 Å². The summed E-state index contributed by atoms with van der Waals surface area (Å²) in [5.74, 6) is -1.59. The monoisotopic (exact) mass is 413 g/mol. The molecular formula is C22H20FNO4S. The summed E-state index contributed by atoms with van der Waals surface area (Å²) in [6.07, 6.45) is 1.97. The van der Waals surface area contributed by atoms with E-state index < -0.39 is 21.8 Å². The van der Waals surface area contributed by atoms with Crippen LogP contribution in [0.15, 0.2) is 77.7 Å². The van der Waals surface area contributed by atoms with Crippen molar-refractivity contribution in [2.75, 3.05) is 4.72 Å². The van der Waals surface area contributed by atoms with Gasteiger partial charge in [0.25, 0.3) is 10.0 Å². The number of benzene rings is 3. The summed E-state index contributed by atoms with van der Waals surface area (Å²) in [4.78, 5) is 10.9. The summed E-state index contributed by atoms with van der Waals surface area (Å²) in [6, 6.07) is 18.6. The largest absolute Gasteiger partial charge is 0.478 e. The van der Waals surface area contributed by atoms with Crippen LogP contribution < -0.4 is 4.72 Å². The Labute approximate surface area is 168 Å². The van der Waals surface area contributed by atoms with Crippen LogP contribution in [0.5, 0.6) is 0 Å². The Kier molecular flexibility index (Phi) is 6.29. The molecule has 0 bridgehead atoms. The Hall–Kier alpha value is -3.19. The molecule has 0 spiro atoms. The molecule has 0 fully saturated rings. The normalized spacial score (nSPS) is 11.2. The second kappa shape index (κ2) is 8.87. The third kappa shape index (κ3) is 5.42. The summed E-state index contributed by atoms with van der Waals surface area (Å²) < 4.78 is 41.1. The summed E-state index contributed by atoms with van der Waals surface area (Å²) in [5.41, 5.74) is 2.39. The number of halogens is 1. The van der Waals surface area contributed by atoms with Gasteiger partial charge in [-0.25, -0.2) is 17.6 Å². The molecule has 0 aromatic heterocycles. The van der Waals surface area contributed by atoms with Crippen LogP contribution in [0.25, 0.3) is 0 Å². The maximum atomic E-state index is 13.4. The molecule has 0 amide bonds. The van der Waals surface area contributed by atoms with E-state index in [1.165, 1.54) is 18.2 Å². The van der Waals surface area contributed by atoms with Crippen molar-refractivity contribution in [3.8, 4) is 0 Å². The molecule has 0 aliphatic heterocycles. The lowest BCUT2D eigenvalue weighted by Gasteiger charge is -2.13. The van der Waals surface area contributed by atoms with Gasteiger partial charge < -0.3 is 5.11 Å². The standard InChI is InChI=1S/C22H20FNO4S/c23-19-11-5-12-20(15-19)29(27,28)24-21-13-2-1-8-17(21)9-3-6-16-7-4-10-18(14-16)22(25)26/h1-2,4-5,7-8,10-15,24H,3,6,9H2,(H,25,26). The number of hydrogen-bond donors (Lipinski definition) is 2. The average Bonchev–Trinajstić information content (AvgIpc) is 2.69. The van der Waals surface area contributed by atoms with Gasteiger partial charge in [0.2, 0.25) is 0 Å². The third-order valence-electron chi connectivity index (χ3n) is 4.45. The molecule has 5 nitrogen and oxygen atoms in total. The molecule has 0 saturated carbocycles. The molecule has 3 aromatic carbocycles. The smallest absolute Gasteiger partial charge is 0.335 e. The van der Waals surface area contributed by atoms with E-state index in [-0.39, 0.29) is 10.5 Å². The zero-order valence-electron chi connectivity index (χ0n) is 15.5. The molecule has 0 aliphatic carbocycles. The fourth-order valence-electron chi connectivity index (χ4n) is 3.02. The molecule has 3 rings (SSSR count). The minimum absolute atomic E-state index is 0.141. The van der Waals surface area contributed by atoms with Crippen molar-refractivity contribution in [1.82, 2.24) is 0 Å². The first-order valence-corrected chi connectivity index (χ1v) is 10.5. The molecule has 29 heavy (non-hydrogen) atoms. The minimum atomic E-state index is -3.91. The highest BCUT2D eigenvalue weighted by atomic mass is 32.2. The number of carboxylic acid groups (broad SMARTS) is 1. The highest BCUT2D eigenvalue weighted by Gasteiger charge is 2.16. The highest BCUT2D eigenvalue weighted by Crippen LogP contribution is 2.22. The maximum absolute atomic E-state index is 13.4. The summed E-state index contributed by atoms with van der Waals surface area (Å²) in [5, 5.41) is 9.08. The Bertz CT molecular complexity index is 1130. The van der Waals surface area contributed by atoms with Gasteiger partial charge in [0, 0.05) is 0 Å². The minimum Gasteiger partial charge on any atom is -0.478 e. The molecule has 0 radical (unpaired) electrons. The summed E-state index contributed by atoms with van der Waals surface area (Å²) >= 11 is 0. The number of carbonyl (C=O) groups is 1. The summed E-state index contributed by atoms with van der Waals surface area (Å²) in [6.45, 7) is 0. The third-order valence-corrected chi connectivity index (χ3v) is 5.82. The quantitative estimate of drug-likeness (QED) is 0.570. The van der Waals surface area contributed by atoms with Crippen molar-refractivity contribution in [3.63, 3.8) is 0 Å². The van der Waals surface area contributed by atoms with Gasteiger partial charge in [-0.1, -0.05) is 36.4 Å². The molecule has 0 unspecified atom stereocenters. The van der Waals surface area contributed by atoms with Gasteiger partial charge in [-0.05, 0) is 66.8 Å². The summed E-state index contributed by atoms with van der Waals surface area (Å²) in [7, 11) is -3.91. The van der Waals surface area contributed by atoms with Crippen LogP contribution >= 0.6 is 0 Å². The Balaban J connectivity index is 1.71. The van der Waals surface area contributed by atoms with E-state index in [9.17, 15) is 17.6 Å². The van der Waals surface area contributed by atoms with E-state index in [0.29, 0.717) is 24.9 Å². The molecule has 0 atom stereocenters. The van der Waals surface area contributed by atoms with E-state index in [4.69, 9.17) is 5.11 Å². The molecule has 150 valence electrons. The first kappa shape index (κ1) is 20.5. The van der Waals surface area contributed by atoms with Gasteiger partial charge >= 0.3 is 5.97 Å². The van der Waals surface area contributed by atoms with Gasteiger partial charge in [0.15, 0.2) is 0 Å². The number of carboxylic acids is 1. The highest BCUT2D eigenvalue weighted by molar-refractivity contribution is 7.92. The van der Waals surface area contributed by atoms with Crippen molar-refractivity contribution in [1.29, 1.82) is 0 Å². The van der Waals surface area contributed by atoms with Crippen molar-refractivity contribution >= 4 is 21.7 Å². The number of para-hydroxylation sites is 1. The van der Waals surface area contributed by atoms with Crippen molar-refractivity contribution in [2.24, 2.45) is 0 Å². The first-order chi connectivity index (χ1) is 13.8. The number of hydrogen-bond acceptors (Lipinski definition) is 3. The van der Waals surface area contributed by atoms with Gasteiger partial charge in [0.1, 0.15) is 5.82 Å². The van der Waals surface area contributed by atoms with Crippen LogP contribution in [0.4, 0.5) is 10.1 Å². The Morgan fingerprint density at radius 1 is 0.931 bits per heavy atom. The zero-order valence-corrected chi connectivity index (χ0v) is 16.3. The van der Waals surface area contributed by atoms with Gasteiger partial charge in [-0.3, -0.25) is 4.72 Å². The molecule has 0 saturated heterocycles. The van der Waals surface area contributed by atoms with Crippen molar-refractivity contribution in [2.45, 2.75) is 24.2 Å². The lowest BCUT2D eigenvalue weighted by atomic mass is 10.0. The van der Waals surface area contributed by atoms with E-state index in [1.54, 1.807) is 30.3 Å². The Morgan fingerprint density at radius 3 is 2.45 bits per heavy atom. The van der Waals surface area contributed by atoms with E-state index in [2.05, 4.69) is 4.72 Å². The number of nitrogens with one attached hydrogen (secondary N) is 1. The number of sulfonamides is 1. The molecular weight excluding hydrogens is 393 g/mol. The van der Waals surface area contributed by atoms with Crippen LogP contribution in [-0.4, -0.2) is 19.5 Å². The molecule has 3 aromatic rings. The van der Waals surface area contributed by atoms with E-state index in [1.807, 2.05) is 18.2 Å². The Morgan fingerprint density at radius 2 is 1.69 bits per heavy atom. The zero-order chi connectivity index (χ0) is 20.9. The predicted octanol–water partition coefficient (Wildman–Crippen LogP) is 4.50. The lowest BCUT2D eigenvalue weighted by molar-refractivity contribution is 0.0696. The van der Waals surface area contributed by atoms with Crippen LogP contribution in [0.3, 0.4) is 0 Å². The van der Waals surface area contributed by atoms with E-state index >= 15 is 0 Å². The van der Waals surface area contributed by atoms with Crippen LogP contribution in [0.1, 0.15) is 27.9 Å². The number of aromatic carboxylic acids is 1. The second-order valence-corrected chi connectivity index (χ2v) is 8.26. The number of anilines is 1. The fraction of sp³-hybridized carbons (Fsp3) is 0.136. The number of rotatable bonds is 8. The molecule has 7 heteroatoms. The SMILES string of the molecule is O=C(O)c1cccc(CCCc2ccccc2NS(=O)(=O)c2cccc(F)c2)c1. The molecule has 0 aliphatic rings. The second-order valence-electron chi connectivity index (χ2n) is 6.58. The maximum Gasteiger partial charge on any atom is 0.335 e. The molecule has 2 N–H and O–H groups in total. The number of aryl methyl sites for hydroxylation is 2. The van der Waals surface area contributed by atoms with Crippen LogP contribution in [0.2, 0.25) is 0 Å². The topological polar surface area (TPSA) is 83.5 Å². The molecule has 0 heterocycles. The van der Waals surface area contributed by atoms with Gasteiger partial charge in [-0.2, -0.15) is 0 Å². The fourth-order valence-corrected chi connectivity index (χ4v) is 4.15. The first-order valence-electron chi connectivity index (χ1n) is 9.04. The van der Waals surface area contributed by atoms with Crippen LogP contribution in [-0.2, 0) is 22.9 Å². The van der Waals surface area contributed by atoms with Gasteiger partial charge in [0.05, 0.1) is 16.1 Å². The average molecular weight is 413 g/mol. The predicted molar refractivity (Wildman–Crippen MR) is 109 cm³/mol. The van der Waals surface area contributed by atoms with E-state index in [0.717, 1.165) is 17.2 Å². The lowest BCUT2D eigenvalue weighted by Crippen LogP contribution is -2.14. The van der Waals surface area contributed by atoms with Crippen LogP contribution in [0, 0.1) is 5.82 Å². The van der Waals surface area contributed by atoms with Gasteiger partial charge in [-0.15, -0.1) is 0 Å².